The van der Waals surface area contributed by atoms with Gasteiger partial charge in [0.25, 0.3) is 0 Å². The van der Waals surface area contributed by atoms with Crippen LogP contribution >= 0.6 is 0 Å². The Kier molecular flexibility index (Phi) is 6.51. The number of rotatable bonds is 8. The summed E-state index contributed by atoms with van der Waals surface area (Å²) in [4.78, 5) is 25.9. The first-order chi connectivity index (χ1) is 11.6. The van der Waals surface area contributed by atoms with Gasteiger partial charge in [-0.2, -0.15) is 0 Å². The van der Waals surface area contributed by atoms with Crippen LogP contribution in [0.5, 0.6) is 0 Å². The van der Waals surface area contributed by atoms with E-state index in [2.05, 4.69) is 5.32 Å². The van der Waals surface area contributed by atoms with Crippen LogP contribution in [0.1, 0.15) is 23.2 Å². The number of nitrogens with one attached hydrogen (secondary N) is 1. The molecule has 0 aliphatic rings. The molecule has 2 aromatic carbocycles. The van der Waals surface area contributed by atoms with Gasteiger partial charge in [-0.15, -0.1) is 0 Å². The predicted octanol–water partition coefficient (Wildman–Crippen LogP) is 2.72. The highest BCUT2D eigenvalue weighted by Gasteiger charge is 2.09. The predicted molar refractivity (Wildman–Crippen MR) is 95.4 cm³/mol. The quantitative estimate of drug-likeness (QED) is 0.732. The Morgan fingerprint density at radius 3 is 2.29 bits per heavy atom. The molecule has 2 N–H and O–H groups in total. The van der Waals surface area contributed by atoms with Crippen molar-refractivity contribution in [1.82, 2.24) is 0 Å². The summed E-state index contributed by atoms with van der Waals surface area (Å²) < 4.78 is 0. The van der Waals surface area contributed by atoms with E-state index in [1.165, 1.54) is 0 Å². The molecule has 0 bridgehead atoms. The zero-order valence-corrected chi connectivity index (χ0v) is 13.7. The molecule has 0 atom stereocenters. The van der Waals surface area contributed by atoms with E-state index >= 15 is 0 Å². The van der Waals surface area contributed by atoms with Gasteiger partial charge in [-0.05, 0) is 24.3 Å². The number of nitrogens with zero attached hydrogens (tertiary/aromatic N) is 1. The van der Waals surface area contributed by atoms with Crippen LogP contribution in [0.15, 0.2) is 54.6 Å². The maximum Gasteiger partial charge on any atom is 0.224 e. The largest absolute Gasteiger partial charge is 0.395 e. The molecule has 0 saturated carbocycles. The molecule has 0 saturated heterocycles. The zero-order valence-electron chi connectivity index (χ0n) is 13.7. The van der Waals surface area contributed by atoms with Gasteiger partial charge in [0.05, 0.1) is 6.61 Å². The van der Waals surface area contributed by atoms with Gasteiger partial charge in [0, 0.05) is 43.4 Å². The molecule has 5 heteroatoms. The fourth-order valence-electron chi connectivity index (χ4n) is 2.30. The number of carbonyl (C=O) groups is 2. The summed E-state index contributed by atoms with van der Waals surface area (Å²) in [5.41, 5.74) is 2.27. The fourth-order valence-corrected chi connectivity index (χ4v) is 2.30. The lowest BCUT2D eigenvalue weighted by Gasteiger charge is -2.18. The Morgan fingerprint density at radius 2 is 1.67 bits per heavy atom. The molecule has 0 aliphatic heterocycles. The van der Waals surface area contributed by atoms with Crippen molar-refractivity contribution < 1.29 is 14.7 Å². The first kappa shape index (κ1) is 17.7. The molecule has 0 heterocycles. The summed E-state index contributed by atoms with van der Waals surface area (Å²) in [6.07, 6.45) is 0.340. The van der Waals surface area contributed by atoms with Crippen molar-refractivity contribution in [3.63, 3.8) is 0 Å². The van der Waals surface area contributed by atoms with E-state index in [0.717, 1.165) is 5.69 Å². The third kappa shape index (κ3) is 5.21. The molecule has 0 aromatic heterocycles. The Labute approximate surface area is 141 Å². The summed E-state index contributed by atoms with van der Waals surface area (Å²) in [5.74, 6) is -0.220. The molecule has 0 spiro atoms. The molecule has 2 rings (SSSR count). The van der Waals surface area contributed by atoms with E-state index in [1.807, 2.05) is 42.3 Å². The highest BCUT2D eigenvalue weighted by molar-refractivity contribution is 6.00. The Balaban J connectivity index is 1.83. The summed E-state index contributed by atoms with van der Waals surface area (Å²) in [5, 5.41) is 11.7. The number of hydrogen-bond donors (Lipinski definition) is 2. The Morgan fingerprint density at radius 1 is 1.00 bits per heavy atom. The average Bonchev–Trinajstić information content (AvgIpc) is 2.61. The second kappa shape index (κ2) is 8.84. The maximum atomic E-state index is 12.0. The van der Waals surface area contributed by atoms with Gasteiger partial charge in [-0.25, -0.2) is 0 Å². The van der Waals surface area contributed by atoms with E-state index in [0.29, 0.717) is 17.8 Å². The van der Waals surface area contributed by atoms with E-state index < -0.39 is 0 Å². The fraction of sp³-hybridized carbons (Fsp3) is 0.263. The van der Waals surface area contributed by atoms with Gasteiger partial charge < -0.3 is 15.3 Å². The van der Waals surface area contributed by atoms with Crippen LogP contribution < -0.4 is 10.2 Å². The molecule has 0 unspecified atom stereocenters. The van der Waals surface area contributed by atoms with Crippen LogP contribution in [-0.4, -0.2) is 37.0 Å². The highest BCUT2D eigenvalue weighted by atomic mass is 16.3. The number of hydrogen-bond acceptors (Lipinski definition) is 4. The lowest BCUT2D eigenvalue weighted by atomic mass is 10.1. The number of ketones is 1. The summed E-state index contributed by atoms with van der Waals surface area (Å²) in [7, 11) is 1.89. The standard InChI is InChI=1S/C19H22N2O3/c1-21(13-14-22)17-9-7-16(8-10-17)20-19(24)12-11-18(23)15-5-3-2-4-6-15/h2-10,22H,11-14H2,1H3,(H,20,24). The van der Waals surface area contributed by atoms with Crippen molar-refractivity contribution in [1.29, 1.82) is 0 Å². The SMILES string of the molecule is CN(CCO)c1ccc(NC(=O)CCC(=O)c2ccccc2)cc1. The molecule has 1 amide bonds. The van der Waals surface area contributed by atoms with Gasteiger partial charge in [-0.3, -0.25) is 9.59 Å². The molecule has 2 aromatic rings. The van der Waals surface area contributed by atoms with Crippen molar-refractivity contribution in [2.45, 2.75) is 12.8 Å². The highest BCUT2D eigenvalue weighted by Crippen LogP contribution is 2.17. The maximum absolute atomic E-state index is 12.0. The van der Waals surface area contributed by atoms with Crippen molar-refractivity contribution in [2.24, 2.45) is 0 Å². The van der Waals surface area contributed by atoms with E-state index in [-0.39, 0.29) is 31.1 Å². The molecular formula is C19H22N2O3. The van der Waals surface area contributed by atoms with Gasteiger partial charge in [0.15, 0.2) is 5.78 Å². The van der Waals surface area contributed by atoms with Gasteiger partial charge >= 0.3 is 0 Å². The number of benzene rings is 2. The minimum absolute atomic E-state index is 0.0354. The molecule has 126 valence electrons. The van der Waals surface area contributed by atoms with Crippen LogP contribution in [-0.2, 0) is 4.79 Å². The smallest absolute Gasteiger partial charge is 0.224 e. The summed E-state index contributed by atoms with van der Waals surface area (Å²) in [6.45, 7) is 0.637. The minimum atomic E-state index is -0.184. The molecular weight excluding hydrogens is 304 g/mol. The average molecular weight is 326 g/mol. The zero-order chi connectivity index (χ0) is 17.4. The Hall–Kier alpha value is -2.66. The number of anilines is 2. The lowest BCUT2D eigenvalue weighted by molar-refractivity contribution is -0.116. The number of likely N-dealkylation sites (N-methyl/N-ethyl adjacent to an activating group) is 1. The van der Waals surface area contributed by atoms with Crippen LogP contribution in [0.2, 0.25) is 0 Å². The van der Waals surface area contributed by atoms with E-state index in [9.17, 15) is 9.59 Å². The van der Waals surface area contributed by atoms with Crippen LogP contribution in [0.25, 0.3) is 0 Å². The van der Waals surface area contributed by atoms with Crippen molar-refractivity contribution >= 4 is 23.1 Å². The van der Waals surface area contributed by atoms with Crippen molar-refractivity contribution in [2.75, 3.05) is 30.4 Å². The molecule has 0 radical (unpaired) electrons. The third-order valence-corrected chi connectivity index (χ3v) is 3.70. The van der Waals surface area contributed by atoms with E-state index in [4.69, 9.17) is 5.11 Å². The number of aliphatic hydroxyl groups is 1. The molecule has 0 aliphatic carbocycles. The molecule has 24 heavy (non-hydrogen) atoms. The number of Topliss-reactive ketones (excluding diaryl/α,β-unsaturated/α-hetero) is 1. The second-order valence-corrected chi connectivity index (χ2v) is 5.53. The first-order valence-corrected chi connectivity index (χ1v) is 7.90. The summed E-state index contributed by atoms with van der Waals surface area (Å²) in [6, 6.07) is 16.3. The Bertz CT molecular complexity index is 669. The van der Waals surface area contributed by atoms with Crippen molar-refractivity contribution in [3.05, 3.63) is 60.2 Å². The van der Waals surface area contributed by atoms with Gasteiger partial charge in [-0.1, -0.05) is 30.3 Å². The topological polar surface area (TPSA) is 69.6 Å². The van der Waals surface area contributed by atoms with E-state index in [1.54, 1.807) is 24.3 Å². The first-order valence-electron chi connectivity index (χ1n) is 7.90. The number of carbonyl (C=O) groups excluding carboxylic acids is 2. The van der Waals surface area contributed by atoms with Crippen LogP contribution in [0.4, 0.5) is 11.4 Å². The van der Waals surface area contributed by atoms with Crippen LogP contribution in [0.3, 0.4) is 0 Å². The monoisotopic (exact) mass is 326 g/mol. The molecule has 5 nitrogen and oxygen atoms in total. The van der Waals surface area contributed by atoms with Crippen LogP contribution in [0, 0.1) is 0 Å². The van der Waals surface area contributed by atoms with Crippen molar-refractivity contribution in [3.8, 4) is 0 Å². The number of aliphatic hydroxyl groups excluding tert-OH is 1. The second-order valence-electron chi connectivity index (χ2n) is 5.53. The lowest BCUT2D eigenvalue weighted by Crippen LogP contribution is -2.21. The third-order valence-electron chi connectivity index (χ3n) is 3.70. The summed E-state index contributed by atoms with van der Waals surface area (Å²) >= 11 is 0. The number of amides is 1. The minimum Gasteiger partial charge on any atom is -0.395 e. The van der Waals surface area contributed by atoms with Gasteiger partial charge in [0.2, 0.25) is 5.91 Å². The molecule has 0 fully saturated rings. The van der Waals surface area contributed by atoms with Gasteiger partial charge in [0.1, 0.15) is 0 Å². The normalized spacial score (nSPS) is 10.2.